The molecule has 1 aliphatic carbocycles. The maximum Gasteiger partial charge on any atom is 0.433 e. The first-order chi connectivity index (χ1) is 12.3. The molecule has 0 aromatic carbocycles. The van der Waals surface area contributed by atoms with Crippen molar-refractivity contribution in [2.24, 2.45) is 11.7 Å². The first kappa shape index (κ1) is 21.4. The Labute approximate surface area is 151 Å². The van der Waals surface area contributed by atoms with Crippen molar-refractivity contribution in [2.45, 2.75) is 51.2 Å². The van der Waals surface area contributed by atoms with Gasteiger partial charge < -0.3 is 10.8 Å². The molecular formula is C18H20F6N2O. The maximum absolute atomic E-state index is 13.4. The number of aliphatic hydroxyl groups is 1. The minimum absolute atomic E-state index is 0.0401. The number of aliphatic hydroxyl groups excluding tert-OH is 1. The Bertz CT molecular complexity index is 839. The largest absolute Gasteiger partial charge is 0.433 e. The fourth-order valence-corrected chi connectivity index (χ4v) is 2.97. The molecule has 3 N–H and O–H groups in total. The van der Waals surface area contributed by atoms with Crippen LogP contribution in [0, 0.1) is 5.92 Å². The van der Waals surface area contributed by atoms with Crippen molar-refractivity contribution in [1.82, 2.24) is 4.98 Å². The van der Waals surface area contributed by atoms with Crippen LogP contribution in [-0.2, 0) is 6.18 Å². The van der Waals surface area contributed by atoms with E-state index in [0.717, 1.165) is 0 Å². The number of nitrogens with two attached hydrogens (primary N) is 1. The summed E-state index contributed by atoms with van der Waals surface area (Å²) in [5.41, 5.74) is 2.89. The van der Waals surface area contributed by atoms with E-state index in [9.17, 15) is 31.4 Å². The SMILES string of the molecule is CC(C)CC(N)C(O)c1cc(C(F)(F)F)nc2c1=CC=CCC=2C(F)(F)F. The summed E-state index contributed by atoms with van der Waals surface area (Å²) in [6.45, 7) is 3.62. The number of halogens is 6. The van der Waals surface area contributed by atoms with Gasteiger partial charge >= 0.3 is 12.4 Å². The molecule has 2 unspecified atom stereocenters. The zero-order valence-electron chi connectivity index (χ0n) is 14.7. The molecule has 0 aliphatic heterocycles. The van der Waals surface area contributed by atoms with Gasteiger partial charge in [0, 0.05) is 11.3 Å². The Balaban J connectivity index is 2.86. The van der Waals surface area contributed by atoms with Gasteiger partial charge in [-0.05, 0) is 30.4 Å². The number of aromatic nitrogens is 1. The molecule has 0 bridgehead atoms. The van der Waals surface area contributed by atoms with Crippen LogP contribution in [0.25, 0.3) is 11.6 Å². The van der Waals surface area contributed by atoms with Gasteiger partial charge in [0.2, 0.25) is 0 Å². The zero-order valence-corrected chi connectivity index (χ0v) is 14.7. The smallest absolute Gasteiger partial charge is 0.387 e. The predicted molar refractivity (Wildman–Crippen MR) is 88.6 cm³/mol. The normalized spacial score (nSPS) is 17.4. The highest BCUT2D eigenvalue weighted by molar-refractivity contribution is 5.57. The molecular weight excluding hydrogens is 374 g/mol. The van der Waals surface area contributed by atoms with Crippen LogP contribution in [0.1, 0.15) is 44.1 Å². The summed E-state index contributed by atoms with van der Waals surface area (Å²) in [7, 11) is 0. The summed E-state index contributed by atoms with van der Waals surface area (Å²) in [4.78, 5) is 3.25. The van der Waals surface area contributed by atoms with E-state index in [1.165, 1.54) is 18.2 Å². The minimum atomic E-state index is -4.97. The van der Waals surface area contributed by atoms with Crippen LogP contribution in [0.15, 0.2) is 18.2 Å². The molecule has 0 saturated heterocycles. The van der Waals surface area contributed by atoms with E-state index in [-0.39, 0.29) is 23.1 Å². The van der Waals surface area contributed by atoms with E-state index in [2.05, 4.69) is 4.98 Å². The second-order valence-corrected chi connectivity index (χ2v) is 6.87. The van der Waals surface area contributed by atoms with Crippen molar-refractivity contribution in [3.63, 3.8) is 0 Å². The third-order valence-electron chi connectivity index (χ3n) is 4.20. The highest BCUT2D eigenvalue weighted by Gasteiger charge is 2.38. The number of pyridine rings is 1. The minimum Gasteiger partial charge on any atom is -0.387 e. The molecule has 2 atom stereocenters. The number of hydrogen-bond donors (Lipinski definition) is 2. The summed E-state index contributed by atoms with van der Waals surface area (Å²) in [6, 6.07) is -0.361. The van der Waals surface area contributed by atoms with E-state index in [1.807, 2.05) is 13.8 Å². The molecule has 1 heterocycles. The van der Waals surface area contributed by atoms with Crippen molar-refractivity contribution in [3.05, 3.63) is 40.0 Å². The molecule has 0 saturated carbocycles. The van der Waals surface area contributed by atoms with E-state index in [4.69, 9.17) is 5.73 Å². The van der Waals surface area contributed by atoms with Gasteiger partial charge in [0.15, 0.2) is 0 Å². The Morgan fingerprint density at radius 1 is 1.15 bits per heavy atom. The molecule has 1 aliphatic rings. The molecule has 1 aromatic heterocycles. The maximum atomic E-state index is 13.4. The summed E-state index contributed by atoms with van der Waals surface area (Å²) in [5.74, 6) is 0.0401. The highest BCUT2D eigenvalue weighted by Crippen LogP contribution is 2.31. The molecule has 27 heavy (non-hydrogen) atoms. The molecule has 0 fully saturated rings. The summed E-state index contributed by atoms with van der Waals surface area (Å²) < 4.78 is 79.9. The van der Waals surface area contributed by atoms with Crippen molar-refractivity contribution >= 4 is 11.6 Å². The average molecular weight is 394 g/mol. The number of rotatable bonds is 4. The molecule has 3 nitrogen and oxygen atoms in total. The molecule has 0 amide bonds. The van der Waals surface area contributed by atoms with Crippen LogP contribution < -0.4 is 16.3 Å². The van der Waals surface area contributed by atoms with Crippen LogP contribution in [-0.4, -0.2) is 22.3 Å². The summed E-state index contributed by atoms with van der Waals surface area (Å²) in [5, 5.41) is 9.49. The fraction of sp³-hybridized carbons (Fsp3) is 0.500. The van der Waals surface area contributed by atoms with Crippen LogP contribution >= 0.6 is 0 Å². The first-order valence-corrected chi connectivity index (χ1v) is 8.31. The Kier molecular flexibility index (Phi) is 6.06. The number of alkyl halides is 6. The van der Waals surface area contributed by atoms with Crippen LogP contribution in [0.5, 0.6) is 0 Å². The molecule has 0 radical (unpaired) electrons. The van der Waals surface area contributed by atoms with Crippen molar-refractivity contribution < 1.29 is 31.4 Å². The third-order valence-corrected chi connectivity index (χ3v) is 4.20. The van der Waals surface area contributed by atoms with Gasteiger partial charge in [-0.25, -0.2) is 4.98 Å². The second-order valence-electron chi connectivity index (χ2n) is 6.87. The zero-order chi connectivity index (χ0) is 20.6. The van der Waals surface area contributed by atoms with Gasteiger partial charge in [-0.1, -0.05) is 32.1 Å². The molecule has 150 valence electrons. The lowest BCUT2D eigenvalue weighted by atomic mass is 9.93. The summed E-state index contributed by atoms with van der Waals surface area (Å²) >= 11 is 0. The van der Waals surface area contributed by atoms with E-state index >= 15 is 0 Å². The van der Waals surface area contributed by atoms with E-state index in [0.29, 0.717) is 6.07 Å². The van der Waals surface area contributed by atoms with Crippen LogP contribution in [0.2, 0.25) is 0 Å². The van der Waals surface area contributed by atoms with Crippen LogP contribution in [0.3, 0.4) is 0 Å². The topological polar surface area (TPSA) is 59.1 Å². The van der Waals surface area contributed by atoms with Gasteiger partial charge in [-0.3, -0.25) is 0 Å². The predicted octanol–water partition coefficient (Wildman–Crippen LogP) is 2.96. The third kappa shape index (κ3) is 4.90. The number of hydrogen-bond acceptors (Lipinski definition) is 3. The Morgan fingerprint density at radius 2 is 1.78 bits per heavy atom. The van der Waals surface area contributed by atoms with Crippen LogP contribution in [0.4, 0.5) is 26.3 Å². The highest BCUT2D eigenvalue weighted by atomic mass is 19.4. The lowest BCUT2D eigenvalue weighted by Crippen LogP contribution is -2.42. The van der Waals surface area contributed by atoms with Crippen molar-refractivity contribution in [3.8, 4) is 0 Å². The fourth-order valence-electron chi connectivity index (χ4n) is 2.97. The van der Waals surface area contributed by atoms with Crippen molar-refractivity contribution in [2.75, 3.05) is 0 Å². The van der Waals surface area contributed by atoms with Gasteiger partial charge in [-0.2, -0.15) is 26.3 Å². The quantitative estimate of drug-likeness (QED) is 0.772. The van der Waals surface area contributed by atoms with Crippen molar-refractivity contribution in [1.29, 1.82) is 0 Å². The monoisotopic (exact) mass is 394 g/mol. The number of nitrogens with zero attached hydrogens (tertiary/aromatic N) is 1. The lowest BCUT2D eigenvalue weighted by Gasteiger charge is -2.22. The van der Waals surface area contributed by atoms with Gasteiger partial charge in [0.05, 0.1) is 17.0 Å². The van der Waals surface area contributed by atoms with Gasteiger partial charge in [0.1, 0.15) is 5.69 Å². The molecule has 1 aromatic rings. The average Bonchev–Trinajstić information content (AvgIpc) is 2.73. The Morgan fingerprint density at radius 3 is 2.30 bits per heavy atom. The van der Waals surface area contributed by atoms with Gasteiger partial charge in [0.25, 0.3) is 0 Å². The van der Waals surface area contributed by atoms with E-state index < -0.39 is 47.5 Å². The summed E-state index contributed by atoms with van der Waals surface area (Å²) in [6.07, 6.45) is -8.03. The number of allylic oxidation sites excluding steroid dienone is 2. The van der Waals surface area contributed by atoms with E-state index in [1.54, 1.807) is 0 Å². The standard InChI is InChI=1S/C18H20F6N2O/c1-9(2)7-13(25)16(27)11-8-14(18(22,23)24)26-15-10(11)5-3-4-6-12(15)17(19,20)21/h3-5,8-9,13,16,27H,6-7,25H2,1-2H3. The lowest BCUT2D eigenvalue weighted by molar-refractivity contribution is -0.141. The molecule has 0 spiro atoms. The Hall–Kier alpha value is -1.87. The number of fused-ring (bicyclic) bond motifs is 1. The molecule has 2 rings (SSSR count). The second kappa shape index (κ2) is 7.63. The molecule has 9 heteroatoms. The first-order valence-electron chi connectivity index (χ1n) is 8.31. The van der Waals surface area contributed by atoms with Gasteiger partial charge in [-0.15, -0.1) is 0 Å².